The van der Waals surface area contributed by atoms with Crippen molar-refractivity contribution >= 4 is 46.4 Å². The van der Waals surface area contributed by atoms with Crippen LogP contribution in [0.25, 0.3) is 0 Å². The molecule has 0 saturated carbocycles. The molecule has 88 valence electrons. The third kappa shape index (κ3) is 2.86. The fourth-order valence-electron chi connectivity index (χ4n) is 1.48. The highest BCUT2D eigenvalue weighted by molar-refractivity contribution is 6.46. The van der Waals surface area contributed by atoms with E-state index in [1.165, 1.54) is 0 Å². The number of pyridine rings is 1. The second-order valence-electron chi connectivity index (χ2n) is 3.46. The number of aromatic nitrogens is 1. The van der Waals surface area contributed by atoms with E-state index >= 15 is 0 Å². The number of halogens is 4. The van der Waals surface area contributed by atoms with Crippen LogP contribution in [0.2, 0.25) is 20.4 Å². The number of rotatable bonds is 2. The van der Waals surface area contributed by atoms with E-state index in [-0.39, 0.29) is 10.3 Å². The van der Waals surface area contributed by atoms with Gasteiger partial charge in [0.2, 0.25) is 0 Å². The summed E-state index contributed by atoms with van der Waals surface area (Å²) in [6, 6.07) is 9.80. The van der Waals surface area contributed by atoms with Crippen molar-refractivity contribution < 1.29 is 0 Å². The van der Waals surface area contributed by atoms with Crippen molar-refractivity contribution in [3.8, 4) is 0 Å². The lowest BCUT2D eigenvalue weighted by Gasteiger charge is -2.09. The fourth-order valence-corrected chi connectivity index (χ4v) is 2.38. The minimum absolute atomic E-state index is 0.173. The number of nitrogens with zero attached hydrogens (tertiary/aromatic N) is 1. The Morgan fingerprint density at radius 3 is 1.88 bits per heavy atom. The van der Waals surface area contributed by atoms with Crippen LogP contribution in [-0.2, 0) is 6.42 Å². The first-order chi connectivity index (χ1) is 8.09. The lowest BCUT2D eigenvalue weighted by Crippen LogP contribution is -1.94. The van der Waals surface area contributed by atoms with Gasteiger partial charge in [0.1, 0.15) is 10.3 Å². The van der Waals surface area contributed by atoms with Gasteiger partial charge in [-0.25, -0.2) is 4.98 Å². The highest BCUT2D eigenvalue weighted by Gasteiger charge is 2.15. The first kappa shape index (κ1) is 13.0. The monoisotopic (exact) mass is 305 g/mol. The predicted octanol–water partition coefficient (Wildman–Crippen LogP) is 5.29. The Morgan fingerprint density at radius 1 is 0.824 bits per heavy atom. The molecule has 0 bridgehead atoms. The van der Waals surface area contributed by atoms with E-state index in [4.69, 9.17) is 46.4 Å². The van der Waals surface area contributed by atoms with Gasteiger partial charge in [-0.2, -0.15) is 0 Å². The Labute approximate surface area is 119 Å². The summed E-state index contributed by atoms with van der Waals surface area (Å²) in [4.78, 5) is 3.84. The molecule has 2 aromatic rings. The summed E-state index contributed by atoms with van der Waals surface area (Å²) < 4.78 is 0. The molecular formula is C12H7Cl4N. The summed E-state index contributed by atoms with van der Waals surface area (Å²) in [5, 5.41) is 1.05. The number of benzene rings is 1. The first-order valence-electron chi connectivity index (χ1n) is 4.82. The lowest BCUT2D eigenvalue weighted by molar-refractivity contribution is 1.16. The number of hydrogen-bond acceptors (Lipinski definition) is 1. The molecule has 1 heterocycles. The van der Waals surface area contributed by atoms with Gasteiger partial charge in [-0.15, -0.1) is 0 Å². The SMILES string of the molecule is Clc1nc(Cl)c(Cl)c(Cc2ccccc2)c1Cl. The van der Waals surface area contributed by atoms with Crippen molar-refractivity contribution in [3.05, 3.63) is 61.8 Å². The summed E-state index contributed by atoms with van der Waals surface area (Å²) in [5.41, 5.74) is 1.78. The van der Waals surface area contributed by atoms with Gasteiger partial charge in [-0.1, -0.05) is 76.7 Å². The van der Waals surface area contributed by atoms with E-state index in [0.717, 1.165) is 5.56 Å². The van der Waals surface area contributed by atoms with Gasteiger partial charge in [-0.05, 0) is 11.1 Å². The van der Waals surface area contributed by atoms with Crippen molar-refractivity contribution in [2.75, 3.05) is 0 Å². The van der Waals surface area contributed by atoms with Gasteiger partial charge < -0.3 is 0 Å². The van der Waals surface area contributed by atoms with Gasteiger partial charge in [-0.3, -0.25) is 0 Å². The van der Waals surface area contributed by atoms with Gasteiger partial charge in [0.05, 0.1) is 10.0 Å². The molecule has 1 nitrogen and oxygen atoms in total. The maximum Gasteiger partial charge on any atom is 0.149 e. The van der Waals surface area contributed by atoms with E-state index in [9.17, 15) is 0 Å². The normalized spacial score (nSPS) is 10.6. The standard InChI is InChI=1S/C12H7Cl4N/c13-9-8(6-7-4-2-1-3-5-7)10(14)12(16)17-11(9)15/h1-5H,6H2. The summed E-state index contributed by atoms with van der Waals surface area (Å²) in [5.74, 6) is 0. The molecule has 0 spiro atoms. The van der Waals surface area contributed by atoms with Crippen molar-refractivity contribution in [1.82, 2.24) is 4.98 Å². The predicted molar refractivity (Wildman–Crippen MR) is 73.5 cm³/mol. The summed E-state index contributed by atoms with van der Waals surface area (Å²) in [6.07, 6.45) is 0.570. The Balaban J connectivity index is 2.46. The molecule has 0 N–H and O–H groups in total. The molecule has 0 atom stereocenters. The van der Waals surface area contributed by atoms with E-state index in [0.29, 0.717) is 22.0 Å². The molecule has 0 aliphatic carbocycles. The lowest BCUT2D eigenvalue weighted by atomic mass is 10.1. The zero-order valence-corrected chi connectivity index (χ0v) is 11.6. The number of hydrogen-bond donors (Lipinski definition) is 0. The molecule has 0 aliphatic heterocycles. The Morgan fingerprint density at radius 2 is 1.35 bits per heavy atom. The summed E-state index contributed by atoms with van der Waals surface area (Å²) >= 11 is 23.9. The molecule has 0 fully saturated rings. The minimum atomic E-state index is 0.173. The van der Waals surface area contributed by atoms with Crippen LogP contribution < -0.4 is 0 Å². The van der Waals surface area contributed by atoms with Crippen molar-refractivity contribution in [3.63, 3.8) is 0 Å². The third-order valence-corrected chi connectivity index (χ3v) is 3.87. The highest BCUT2D eigenvalue weighted by Crippen LogP contribution is 2.35. The van der Waals surface area contributed by atoms with Crippen LogP contribution in [-0.4, -0.2) is 4.98 Å². The zero-order chi connectivity index (χ0) is 12.4. The van der Waals surface area contributed by atoms with Crippen molar-refractivity contribution in [1.29, 1.82) is 0 Å². The Hall–Kier alpha value is -0.470. The van der Waals surface area contributed by atoms with Crippen LogP contribution in [0.15, 0.2) is 30.3 Å². The second-order valence-corrected chi connectivity index (χ2v) is 4.93. The largest absolute Gasteiger partial charge is 0.221 e. The first-order valence-corrected chi connectivity index (χ1v) is 6.33. The summed E-state index contributed by atoms with van der Waals surface area (Å²) in [7, 11) is 0. The van der Waals surface area contributed by atoms with Crippen LogP contribution in [0, 0.1) is 0 Å². The van der Waals surface area contributed by atoms with Gasteiger partial charge in [0.25, 0.3) is 0 Å². The highest BCUT2D eigenvalue weighted by atomic mass is 35.5. The van der Waals surface area contributed by atoms with E-state index in [1.54, 1.807) is 0 Å². The Bertz CT molecular complexity index is 514. The topological polar surface area (TPSA) is 12.9 Å². The molecule has 2 rings (SSSR count). The van der Waals surface area contributed by atoms with Gasteiger partial charge >= 0.3 is 0 Å². The Kier molecular flexibility index (Phi) is 4.16. The van der Waals surface area contributed by atoms with Crippen LogP contribution in [0.3, 0.4) is 0 Å². The molecule has 5 heteroatoms. The minimum Gasteiger partial charge on any atom is -0.221 e. The van der Waals surface area contributed by atoms with E-state index in [1.807, 2.05) is 30.3 Å². The van der Waals surface area contributed by atoms with Gasteiger partial charge in [0, 0.05) is 6.42 Å². The fraction of sp³-hybridized carbons (Fsp3) is 0.0833. The average Bonchev–Trinajstić information content (AvgIpc) is 2.33. The smallest absolute Gasteiger partial charge is 0.149 e. The van der Waals surface area contributed by atoms with Crippen LogP contribution >= 0.6 is 46.4 Å². The van der Waals surface area contributed by atoms with E-state index in [2.05, 4.69) is 4.98 Å². The molecular weight excluding hydrogens is 300 g/mol. The third-order valence-electron chi connectivity index (χ3n) is 2.31. The molecule has 0 aliphatic rings. The van der Waals surface area contributed by atoms with Crippen LogP contribution in [0.1, 0.15) is 11.1 Å². The van der Waals surface area contributed by atoms with Crippen LogP contribution in [0.5, 0.6) is 0 Å². The molecule has 1 aromatic carbocycles. The average molecular weight is 307 g/mol. The molecule has 0 amide bonds. The molecule has 17 heavy (non-hydrogen) atoms. The van der Waals surface area contributed by atoms with Crippen LogP contribution in [0.4, 0.5) is 0 Å². The maximum atomic E-state index is 6.08. The maximum absolute atomic E-state index is 6.08. The molecule has 0 radical (unpaired) electrons. The van der Waals surface area contributed by atoms with Gasteiger partial charge in [0.15, 0.2) is 0 Å². The summed E-state index contributed by atoms with van der Waals surface area (Å²) in [6.45, 7) is 0. The van der Waals surface area contributed by atoms with E-state index < -0.39 is 0 Å². The second kappa shape index (κ2) is 5.45. The molecule has 0 saturated heterocycles. The molecule has 0 unspecified atom stereocenters. The quantitative estimate of drug-likeness (QED) is 0.687. The van der Waals surface area contributed by atoms with Crippen molar-refractivity contribution in [2.45, 2.75) is 6.42 Å². The zero-order valence-electron chi connectivity index (χ0n) is 8.55. The molecule has 1 aromatic heterocycles. The van der Waals surface area contributed by atoms with Crippen molar-refractivity contribution in [2.24, 2.45) is 0 Å².